The van der Waals surface area contributed by atoms with Crippen molar-refractivity contribution in [1.82, 2.24) is 9.80 Å². The van der Waals surface area contributed by atoms with Gasteiger partial charge in [0.2, 0.25) is 0 Å². The molecule has 1 saturated heterocycles. The first kappa shape index (κ1) is 17.1. The van der Waals surface area contributed by atoms with Gasteiger partial charge < -0.3 is 9.80 Å². The van der Waals surface area contributed by atoms with E-state index in [-0.39, 0.29) is 17.5 Å². The molecular weight excluding hydrogens is 279 g/mol. The van der Waals surface area contributed by atoms with E-state index in [1.165, 1.54) is 6.07 Å². The highest BCUT2D eigenvalue weighted by atomic mass is 19.1. The zero-order valence-electron chi connectivity index (χ0n) is 14.1. The van der Waals surface area contributed by atoms with Gasteiger partial charge in [0.15, 0.2) is 0 Å². The minimum atomic E-state index is -0.231. The molecular formula is C18H27FN2O. The molecule has 22 heavy (non-hydrogen) atoms. The number of nitrogens with zero attached hydrogens (tertiary/aromatic N) is 2. The number of carbonyl (C=O) groups excluding carboxylic acids is 1. The van der Waals surface area contributed by atoms with Crippen LogP contribution in [0.15, 0.2) is 18.2 Å². The lowest BCUT2D eigenvalue weighted by Crippen LogP contribution is -2.43. The fourth-order valence-corrected chi connectivity index (χ4v) is 3.17. The van der Waals surface area contributed by atoms with Crippen molar-refractivity contribution < 1.29 is 9.18 Å². The highest BCUT2D eigenvalue weighted by molar-refractivity contribution is 5.83. The number of rotatable bonds is 5. The summed E-state index contributed by atoms with van der Waals surface area (Å²) in [4.78, 5) is 16.6. The largest absolute Gasteiger partial charge is 0.306 e. The zero-order chi connectivity index (χ0) is 16.3. The lowest BCUT2D eigenvalue weighted by Gasteiger charge is -2.36. The molecule has 1 heterocycles. The van der Waals surface area contributed by atoms with Gasteiger partial charge in [-0.3, -0.25) is 4.79 Å². The minimum Gasteiger partial charge on any atom is -0.306 e. The van der Waals surface area contributed by atoms with E-state index < -0.39 is 0 Å². The first-order chi connectivity index (χ1) is 10.4. The predicted octanol–water partition coefficient (Wildman–Crippen LogP) is 2.83. The molecule has 2 rings (SSSR count). The molecule has 1 aliphatic heterocycles. The summed E-state index contributed by atoms with van der Waals surface area (Å²) < 4.78 is 13.8. The zero-order valence-corrected chi connectivity index (χ0v) is 14.1. The first-order valence-corrected chi connectivity index (χ1v) is 8.03. The third-order valence-corrected chi connectivity index (χ3v) is 4.82. The van der Waals surface area contributed by atoms with Gasteiger partial charge in [-0.2, -0.15) is 0 Å². The van der Waals surface area contributed by atoms with Crippen LogP contribution in [0.1, 0.15) is 36.8 Å². The van der Waals surface area contributed by atoms with Gasteiger partial charge in [-0.15, -0.1) is 0 Å². The number of carbonyl (C=O) groups is 1. The Morgan fingerprint density at radius 2 is 2.00 bits per heavy atom. The second-order valence-corrected chi connectivity index (χ2v) is 6.67. The number of ketones is 1. The molecule has 122 valence electrons. The molecule has 0 N–H and O–H groups in total. The second kappa shape index (κ2) is 7.34. The molecule has 0 spiro atoms. The lowest BCUT2D eigenvalue weighted by atomic mass is 9.92. The average molecular weight is 306 g/mol. The number of aryl methyl sites for hydroxylation is 1. The van der Waals surface area contributed by atoms with Crippen LogP contribution < -0.4 is 0 Å². The number of benzene rings is 1. The van der Waals surface area contributed by atoms with Crippen LogP contribution in [-0.2, 0) is 4.79 Å². The topological polar surface area (TPSA) is 23.6 Å². The molecule has 0 aromatic heterocycles. The Balaban J connectivity index is 2.04. The van der Waals surface area contributed by atoms with Crippen molar-refractivity contribution in [2.24, 2.45) is 0 Å². The third-order valence-electron chi connectivity index (χ3n) is 4.82. The van der Waals surface area contributed by atoms with E-state index in [1.807, 2.05) is 6.07 Å². The van der Waals surface area contributed by atoms with Gasteiger partial charge in [-0.1, -0.05) is 12.1 Å². The molecule has 1 aromatic rings. The lowest BCUT2D eigenvalue weighted by molar-refractivity contribution is -0.119. The molecule has 0 amide bonds. The Hall–Kier alpha value is -1.26. The fraction of sp³-hybridized carbons (Fsp3) is 0.611. The van der Waals surface area contributed by atoms with Crippen molar-refractivity contribution >= 4 is 5.78 Å². The molecule has 0 saturated carbocycles. The van der Waals surface area contributed by atoms with Crippen molar-refractivity contribution in [3.8, 4) is 0 Å². The molecule has 4 heteroatoms. The Bertz CT molecular complexity index is 522. The standard InChI is InChI=1S/C18H27FN2O/c1-13-5-6-15(11-18(13)19)17(14(2)22)12-21-9-7-16(8-10-21)20(3)4/h5-6,11,16-17H,7-10,12H2,1-4H3. The maximum atomic E-state index is 13.8. The molecule has 3 nitrogen and oxygen atoms in total. The van der Waals surface area contributed by atoms with Crippen molar-refractivity contribution in [2.45, 2.75) is 38.6 Å². The van der Waals surface area contributed by atoms with Crippen molar-refractivity contribution in [3.63, 3.8) is 0 Å². The summed E-state index contributed by atoms with van der Waals surface area (Å²) >= 11 is 0. The van der Waals surface area contributed by atoms with E-state index in [1.54, 1.807) is 19.9 Å². The van der Waals surface area contributed by atoms with Gasteiger partial charge >= 0.3 is 0 Å². The van der Waals surface area contributed by atoms with Crippen LogP contribution in [0, 0.1) is 12.7 Å². The van der Waals surface area contributed by atoms with E-state index in [2.05, 4.69) is 23.9 Å². The molecule has 1 atom stereocenters. The van der Waals surface area contributed by atoms with Crippen LogP contribution in [0.2, 0.25) is 0 Å². The smallest absolute Gasteiger partial charge is 0.138 e. The van der Waals surface area contributed by atoms with Crippen LogP contribution in [0.5, 0.6) is 0 Å². The van der Waals surface area contributed by atoms with E-state index in [0.29, 0.717) is 18.2 Å². The van der Waals surface area contributed by atoms with Crippen LogP contribution >= 0.6 is 0 Å². The molecule has 1 aromatic carbocycles. The summed E-state index contributed by atoms with van der Waals surface area (Å²) in [5.41, 5.74) is 1.42. The summed E-state index contributed by atoms with van der Waals surface area (Å²) in [7, 11) is 4.24. The number of halogens is 1. The molecule has 1 unspecified atom stereocenters. The van der Waals surface area contributed by atoms with E-state index in [0.717, 1.165) is 31.5 Å². The normalized spacial score (nSPS) is 18.6. The van der Waals surface area contributed by atoms with Gasteiger partial charge in [-0.05, 0) is 71.1 Å². The van der Waals surface area contributed by atoms with E-state index >= 15 is 0 Å². The van der Waals surface area contributed by atoms with Crippen LogP contribution in [0.4, 0.5) is 4.39 Å². The molecule has 1 fully saturated rings. The van der Waals surface area contributed by atoms with E-state index in [9.17, 15) is 9.18 Å². The Morgan fingerprint density at radius 1 is 1.36 bits per heavy atom. The fourth-order valence-electron chi connectivity index (χ4n) is 3.17. The van der Waals surface area contributed by atoms with Gasteiger partial charge in [-0.25, -0.2) is 4.39 Å². The highest BCUT2D eigenvalue weighted by Gasteiger charge is 2.25. The molecule has 0 aliphatic carbocycles. The van der Waals surface area contributed by atoms with Gasteiger partial charge in [0.1, 0.15) is 11.6 Å². The second-order valence-electron chi connectivity index (χ2n) is 6.67. The minimum absolute atomic E-state index is 0.109. The third kappa shape index (κ3) is 4.14. The van der Waals surface area contributed by atoms with Crippen LogP contribution in [0.3, 0.4) is 0 Å². The van der Waals surface area contributed by atoms with Gasteiger partial charge in [0.05, 0.1) is 5.92 Å². The number of likely N-dealkylation sites (tertiary alicyclic amines) is 1. The summed E-state index contributed by atoms with van der Waals surface area (Å²) in [5, 5.41) is 0. The number of hydrogen-bond acceptors (Lipinski definition) is 3. The van der Waals surface area contributed by atoms with Gasteiger partial charge in [0.25, 0.3) is 0 Å². The van der Waals surface area contributed by atoms with Crippen LogP contribution in [0.25, 0.3) is 0 Å². The first-order valence-electron chi connectivity index (χ1n) is 8.03. The average Bonchev–Trinajstić information content (AvgIpc) is 2.48. The molecule has 0 radical (unpaired) electrons. The maximum Gasteiger partial charge on any atom is 0.138 e. The summed E-state index contributed by atoms with van der Waals surface area (Å²) in [6.07, 6.45) is 2.25. The summed E-state index contributed by atoms with van der Waals surface area (Å²) in [6, 6.07) is 5.80. The predicted molar refractivity (Wildman–Crippen MR) is 87.7 cm³/mol. The number of hydrogen-bond donors (Lipinski definition) is 0. The Kier molecular flexibility index (Phi) is 5.70. The number of Topliss-reactive ketones (excluding diaryl/α,β-unsaturated/α-hetero) is 1. The summed E-state index contributed by atoms with van der Waals surface area (Å²) in [5.74, 6) is -0.348. The monoisotopic (exact) mass is 306 g/mol. The Labute approximate surface area is 133 Å². The van der Waals surface area contributed by atoms with E-state index in [4.69, 9.17) is 0 Å². The summed E-state index contributed by atoms with van der Waals surface area (Å²) in [6.45, 7) is 6.04. The van der Waals surface area contributed by atoms with Crippen LogP contribution in [-0.4, -0.2) is 55.4 Å². The molecule has 1 aliphatic rings. The quantitative estimate of drug-likeness (QED) is 0.836. The maximum absolute atomic E-state index is 13.8. The van der Waals surface area contributed by atoms with Crippen molar-refractivity contribution in [3.05, 3.63) is 35.1 Å². The van der Waals surface area contributed by atoms with Crippen molar-refractivity contribution in [1.29, 1.82) is 0 Å². The molecule has 0 bridgehead atoms. The SMILES string of the molecule is CC(=O)C(CN1CCC(N(C)C)CC1)c1ccc(C)c(F)c1. The van der Waals surface area contributed by atoms with Gasteiger partial charge in [0, 0.05) is 12.6 Å². The Morgan fingerprint density at radius 3 is 2.50 bits per heavy atom. The number of piperidine rings is 1. The van der Waals surface area contributed by atoms with Crippen molar-refractivity contribution in [2.75, 3.05) is 33.7 Å². The highest BCUT2D eigenvalue weighted by Crippen LogP contribution is 2.23.